The second kappa shape index (κ2) is 4.74. The van der Waals surface area contributed by atoms with E-state index in [1.807, 2.05) is 0 Å². The minimum Gasteiger partial charge on any atom is -0.394 e. The normalized spacial score (nSPS) is 30.1. The number of nitrogen functional groups attached to an aromatic ring is 1. The smallest absolute Gasteiger partial charge is 0.200 e. The minimum atomic E-state index is -1.71. The second-order valence-corrected chi connectivity index (χ2v) is 4.85. The Bertz CT molecular complexity index is 704. The molecule has 0 saturated carbocycles. The molecule has 0 radical (unpaired) electrons. The Morgan fingerprint density at radius 1 is 1.60 bits per heavy atom. The highest BCUT2D eigenvalue weighted by Crippen LogP contribution is 2.33. The zero-order chi connectivity index (χ0) is 14.4. The first-order chi connectivity index (χ1) is 9.52. The summed E-state index contributed by atoms with van der Waals surface area (Å²) < 4.78 is 20.9. The van der Waals surface area contributed by atoms with E-state index in [4.69, 9.17) is 27.8 Å². The number of H-pyrrole nitrogens is 1. The van der Waals surface area contributed by atoms with Crippen molar-refractivity contribution in [1.82, 2.24) is 19.5 Å². The lowest BCUT2D eigenvalue weighted by Crippen LogP contribution is -2.30. The number of anilines is 1. The molecular formula is C10H12FN5O3S. The molecular weight excluding hydrogens is 289 g/mol. The number of aromatic amines is 1. The molecule has 1 aliphatic rings. The highest BCUT2D eigenvalue weighted by Gasteiger charge is 2.45. The van der Waals surface area contributed by atoms with Gasteiger partial charge in [-0.3, -0.25) is 4.57 Å². The Labute approximate surface area is 117 Å². The van der Waals surface area contributed by atoms with Gasteiger partial charge in [-0.1, -0.05) is 12.2 Å². The Kier molecular flexibility index (Phi) is 3.17. The summed E-state index contributed by atoms with van der Waals surface area (Å²) in [4.78, 5) is 10.6. The van der Waals surface area contributed by atoms with E-state index in [9.17, 15) is 9.50 Å². The standard InChI is InChI=1S/C10H12FN5O3S/c11-4-6(18)3(1-17)19-9(4)16-2-13-5-7(16)14-10(12)15-8(5)20/h2-4,6,9,17-18H,1H2,(H3,12,14,15,20)/t3-,4+,6-,9-/m1/s1. The first-order valence-corrected chi connectivity index (χ1v) is 6.24. The highest BCUT2D eigenvalue weighted by atomic mass is 32.1. The van der Waals surface area contributed by atoms with Crippen LogP contribution in [0, 0.1) is 4.64 Å². The Hall–Kier alpha value is -1.62. The van der Waals surface area contributed by atoms with Crippen molar-refractivity contribution in [2.75, 3.05) is 12.3 Å². The third kappa shape index (κ3) is 1.88. The lowest BCUT2D eigenvalue weighted by atomic mass is 10.1. The number of aliphatic hydroxyl groups is 2. The summed E-state index contributed by atoms with van der Waals surface area (Å²) in [6, 6.07) is 0. The van der Waals surface area contributed by atoms with Gasteiger partial charge in [0.15, 0.2) is 23.0 Å². The van der Waals surface area contributed by atoms with Gasteiger partial charge in [0.1, 0.15) is 23.4 Å². The van der Waals surface area contributed by atoms with E-state index in [-0.39, 0.29) is 10.6 Å². The van der Waals surface area contributed by atoms with Gasteiger partial charge in [-0.25, -0.2) is 14.4 Å². The molecule has 0 bridgehead atoms. The number of halogens is 1. The van der Waals surface area contributed by atoms with Crippen molar-refractivity contribution in [3.63, 3.8) is 0 Å². The van der Waals surface area contributed by atoms with Gasteiger partial charge in [-0.15, -0.1) is 0 Å². The number of alkyl halides is 1. The molecule has 108 valence electrons. The van der Waals surface area contributed by atoms with Crippen LogP contribution in [0.2, 0.25) is 0 Å². The molecule has 5 N–H and O–H groups in total. The predicted molar refractivity (Wildman–Crippen MR) is 69.0 cm³/mol. The third-order valence-electron chi connectivity index (χ3n) is 3.21. The average Bonchev–Trinajstić information content (AvgIpc) is 2.93. The maximum atomic E-state index is 14.1. The summed E-state index contributed by atoms with van der Waals surface area (Å²) in [5.74, 6) is 0.0666. The zero-order valence-electron chi connectivity index (χ0n) is 10.1. The van der Waals surface area contributed by atoms with Crippen LogP contribution in [0.15, 0.2) is 6.33 Å². The van der Waals surface area contributed by atoms with Crippen LogP contribution in [0.4, 0.5) is 10.3 Å². The minimum absolute atomic E-state index is 0.0666. The molecule has 0 spiro atoms. The molecule has 20 heavy (non-hydrogen) atoms. The molecule has 3 heterocycles. The molecule has 0 unspecified atom stereocenters. The van der Waals surface area contributed by atoms with Gasteiger partial charge >= 0.3 is 0 Å². The van der Waals surface area contributed by atoms with Crippen LogP contribution in [0.5, 0.6) is 0 Å². The van der Waals surface area contributed by atoms with Gasteiger partial charge in [0.25, 0.3) is 0 Å². The molecule has 2 aromatic heterocycles. The number of aliphatic hydroxyl groups excluding tert-OH is 2. The molecule has 8 nitrogen and oxygen atoms in total. The summed E-state index contributed by atoms with van der Waals surface area (Å²) in [7, 11) is 0. The summed E-state index contributed by atoms with van der Waals surface area (Å²) in [6.07, 6.45) is -3.92. The van der Waals surface area contributed by atoms with Crippen molar-refractivity contribution >= 4 is 29.3 Å². The summed E-state index contributed by atoms with van der Waals surface area (Å²) in [5.41, 5.74) is 6.27. The number of hydrogen-bond acceptors (Lipinski definition) is 7. The number of nitrogens with zero attached hydrogens (tertiary/aromatic N) is 3. The largest absolute Gasteiger partial charge is 0.394 e. The van der Waals surface area contributed by atoms with Crippen LogP contribution in [-0.4, -0.2) is 54.7 Å². The molecule has 1 saturated heterocycles. The number of ether oxygens (including phenoxy) is 1. The fraction of sp³-hybridized carbons (Fsp3) is 0.500. The first kappa shape index (κ1) is 13.4. The van der Waals surface area contributed by atoms with E-state index in [1.54, 1.807) is 0 Å². The van der Waals surface area contributed by atoms with E-state index in [2.05, 4.69) is 15.0 Å². The Morgan fingerprint density at radius 3 is 3.00 bits per heavy atom. The molecule has 3 rings (SSSR count). The lowest BCUT2D eigenvalue weighted by molar-refractivity contribution is -0.0459. The number of imidazole rings is 1. The van der Waals surface area contributed by atoms with Crippen LogP contribution in [0.1, 0.15) is 6.23 Å². The monoisotopic (exact) mass is 301 g/mol. The lowest BCUT2D eigenvalue weighted by Gasteiger charge is -2.15. The SMILES string of the molecule is Nc1nc(=S)c2ncn([C@@H]3O[C@H](CO)[C@@H](O)[C@@H]3F)c2[nH]1. The molecule has 2 aromatic rings. The maximum Gasteiger partial charge on any atom is 0.200 e. The van der Waals surface area contributed by atoms with Gasteiger partial charge in [0.2, 0.25) is 0 Å². The molecule has 4 atom stereocenters. The van der Waals surface area contributed by atoms with Gasteiger partial charge < -0.3 is 25.7 Å². The van der Waals surface area contributed by atoms with Crippen molar-refractivity contribution in [2.24, 2.45) is 0 Å². The fourth-order valence-corrected chi connectivity index (χ4v) is 2.47. The molecule has 0 aromatic carbocycles. The number of nitrogens with one attached hydrogen (secondary N) is 1. The topological polar surface area (TPSA) is 122 Å². The van der Waals surface area contributed by atoms with E-state index >= 15 is 0 Å². The summed E-state index contributed by atoms with van der Waals surface area (Å²) in [6.45, 7) is -0.482. The predicted octanol–water partition coefficient (Wildman–Crippen LogP) is -0.340. The Morgan fingerprint density at radius 2 is 2.35 bits per heavy atom. The van der Waals surface area contributed by atoms with Crippen molar-refractivity contribution in [2.45, 2.75) is 24.6 Å². The van der Waals surface area contributed by atoms with Crippen LogP contribution < -0.4 is 5.73 Å². The number of aromatic nitrogens is 4. The molecule has 0 aliphatic carbocycles. The second-order valence-electron chi connectivity index (χ2n) is 4.46. The highest BCUT2D eigenvalue weighted by molar-refractivity contribution is 7.71. The van der Waals surface area contributed by atoms with E-state index in [1.165, 1.54) is 10.9 Å². The van der Waals surface area contributed by atoms with Gasteiger partial charge in [0.05, 0.1) is 12.9 Å². The zero-order valence-corrected chi connectivity index (χ0v) is 10.9. The van der Waals surface area contributed by atoms with Gasteiger partial charge in [-0.2, -0.15) is 0 Å². The quantitative estimate of drug-likeness (QED) is 0.560. The van der Waals surface area contributed by atoms with E-state index < -0.39 is 31.2 Å². The molecule has 10 heteroatoms. The number of hydrogen-bond donors (Lipinski definition) is 4. The van der Waals surface area contributed by atoms with Crippen LogP contribution in [-0.2, 0) is 4.74 Å². The van der Waals surface area contributed by atoms with Crippen LogP contribution in [0.25, 0.3) is 11.2 Å². The van der Waals surface area contributed by atoms with E-state index in [0.29, 0.717) is 11.2 Å². The van der Waals surface area contributed by atoms with Crippen LogP contribution >= 0.6 is 12.2 Å². The van der Waals surface area contributed by atoms with Gasteiger partial charge in [0, 0.05) is 0 Å². The van der Waals surface area contributed by atoms with Crippen molar-refractivity contribution < 1.29 is 19.3 Å². The van der Waals surface area contributed by atoms with E-state index in [0.717, 1.165) is 0 Å². The van der Waals surface area contributed by atoms with Gasteiger partial charge in [-0.05, 0) is 0 Å². The van der Waals surface area contributed by atoms with Crippen LogP contribution in [0.3, 0.4) is 0 Å². The third-order valence-corrected chi connectivity index (χ3v) is 3.50. The maximum absolute atomic E-state index is 14.1. The number of rotatable bonds is 2. The van der Waals surface area contributed by atoms with Crippen molar-refractivity contribution in [3.8, 4) is 0 Å². The Balaban J connectivity index is 2.09. The summed E-state index contributed by atoms with van der Waals surface area (Å²) in [5, 5.41) is 18.7. The molecule has 1 aliphatic heterocycles. The average molecular weight is 301 g/mol. The van der Waals surface area contributed by atoms with Crippen molar-refractivity contribution in [3.05, 3.63) is 11.0 Å². The number of nitrogens with two attached hydrogens (primary N) is 1. The van der Waals surface area contributed by atoms with Crippen molar-refractivity contribution in [1.29, 1.82) is 0 Å². The summed E-state index contributed by atoms with van der Waals surface area (Å²) >= 11 is 5.02. The number of fused-ring (bicyclic) bond motifs is 1. The first-order valence-electron chi connectivity index (χ1n) is 5.83. The fourth-order valence-electron chi connectivity index (χ4n) is 2.22. The molecule has 1 fully saturated rings. The molecule has 0 amide bonds.